The molecule has 0 N–H and O–H groups in total. The van der Waals surface area contributed by atoms with Crippen LogP contribution < -0.4 is 4.74 Å². The van der Waals surface area contributed by atoms with Crippen LogP contribution in [0.5, 0.6) is 5.88 Å². The van der Waals surface area contributed by atoms with Gasteiger partial charge in [0, 0.05) is 13.1 Å². The predicted molar refractivity (Wildman–Crippen MR) is 94.1 cm³/mol. The molecule has 0 saturated carbocycles. The van der Waals surface area contributed by atoms with Gasteiger partial charge >= 0.3 is 6.09 Å². The molecule has 142 valence electrons. The molecule has 0 bridgehead atoms. The van der Waals surface area contributed by atoms with Crippen molar-refractivity contribution in [2.45, 2.75) is 60.0 Å². The molecule has 1 fully saturated rings. The van der Waals surface area contributed by atoms with E-state index >= 15 is 0 Å². The van der Waals surface area contributed by atoms with Crippen molar-refractivity contribution in [3.05, 3.63) is 17.8 Å². The molecule has 1 aromatic rings. The van der Waals surface area contributed by atoms with Crippen LogP contribution in [-0.4, -0.2) is 46.3 Å². The van der Waals surface area contributed by atoms with Crippen LogP contribution in [-0.2, 0) is 4.74 Å². The first-order valence-electron chi connectivity index (χ1n) is 8.84. The van der Waals surface area contributed by atoms with E-state index in [0.717, 1.165) is 19.0 Å². The van der Waals surface area contributed by atoms with Gasteiger partial charge in [0.1, 0.15) is 11.4 Å². The first kappa shape index (κ1) is 21.1. The predicted octanol–water partition coefficient (Wildman–Crippen LogP) is 3.98. The Morgan fingerprint density at radius 2 is 1.92 bits per heavy atom. The Hall–Kier alpha value is -1.92. The number of aromatic nitrogens is 2. The molecule has 1 amide bonds. The lowest BCUT2D eigenvalue weighted by molar-refractivity contribution is 0.0163. The van der Waals surface area contributed by atoms with Gasteiger partial charge in [0.05, 0.1) is 12.8 Å². The zero-order chi connectivity index (χ0) is 19.0. The summed E-state index contributed by atoms with van der Waals surface area (Å²) in [5, 5.41) is 0. The average molecular weight is 355 g/mol. The van der Waals surface area contributed by atoms with Gasteiger partial charge < -0.3 is 14.4 Å². The van der Waals surface area contributed by atoms with E-state index in [2.05, 4.69) is 9.97 Å². The fraction of sp³-hybridized carbons (Fsp3) is 0.722. The van der Waals surface area contributed by atoms with E-state index in [1.165, 1.54) is 0 Å². The molecule has 6 nitrogen and oxygen atoms in total. The van der Waals surface area contributed by atoms with Gasteiger partial charge in [-0.2, -0.15) is 9.37 Å². The topological polar surface area (TPSA) is 64.5 Å². The van der Waals surface area contributed by atoms with E-state index < -0.39 is 11.4 Å². The molecule has 2 rings (SSSR count). The molecule has 0 aliphatic carbocycles. The molecule has 0 radical (unpaired) electrons. The van der Waals surface area contributed by atoms with E-state index in [-0.39, 0.29) is 17.9 Å². The second-order valence-electron chi connectivity index (χ2n) is 6.79. The van der Waals surface area contributed by atoms with Gasteiger partial charge in [-0.05, 0) is 46.5 Å². The van der Waals surface area contributed by atoms with Crippen molar-refractivity contribution in [3.8, 4) is 5.88 Å². The molecule has 7 heteroatoms. The summed E-state index contributed by atoms with van der Waals surface area (Å²) in [5.74, 6) is 0.179. The third kappa shape index (κ3) is 7.23. The van der Waals surface area contributed by atoms with Gasteiger partial charge in [0.15, 0.2) is 0 Å². The van der Waals surface area contributed by atoms with Crippen LogP contribution in [0.3, 0.4) is 0 Å². The summed E-state index contributed by atoms with van der Waals surface area (Å²) in [6.07, 6.45) is 2.42. The van der Waals surface area contributed by atoms with Crippen LogP contribution in [0.25, 0.3) is 0 Å². The number of piperidine rings is 1. The molecular weight excluding hydrogens is 325 g/mol. The van der Waals surface area contributed by atoms with Crippen LogP contribution in [0.1, 0.15) is 53.3 Å². The number of halogens is 1. The number of ether oxygens (including phenoxy) is 2. The molecule has 1 saturated heterocycles. The van der Waals surface area contributed by atoms with Crippen LogP contribution in [0.2, 0.25) is 0 Å². The van der Waals surface area contributed by atoms with Crippen molar-refractivity contribution in [3.63, 3.8) is 0 Å². The lowest BCUT2D eigenvalue weighted by Gasteiger charge is -2.33. The summed E-state index contributed by atoms with van der Waals surface area (Å²) in [5.41, 5.74) is -0.487. The molecule has 2 heterocycles. The summed E-state index contributed by atoms with van der Waals surface area (Å²) in [6.45, 7) is 12.9. The van der Waals surface area contributed by atoms with Gasteiger partial charge in [0.25, 0.3) is 5.88 Å². The number of carbonyl (C=O) groups is 1. The highest BCUT2D eigenvalue weighted by Crippen LogP contribution is 2.21. The minimum absolute atomic E-state index is 0.00734. The fourth-order valence-electron chi connectivity index (χ4n) is 2.34. The molecule has 1 aliphatic rings. The molecule has 0 spiro atoms. The first-order chi connectivity index (χ1) is 11.7. The SMILES string of the molecule is CC.Cc1ncc(F)c(OCC2CCN(C(=O)OC(C)(C)C)CC2)n1. The van der Waals surface area contributed by atoms with Crippen LogP contribution in [0, 0.1) is 18.7 Å². The van der Waals surface area contributed by atoms with E-state index in [1.54, 1.807) is 11.8 Å². The summed E-state index contributed by atoms with van der Waals surface area (Å²) >= 11 is 0. The highest BCUT2D eigenvalue weighted by atomic mass is 19.1. The van der Waals surface area contributed by atoms with Crippen molar-refractivity contribution >= 4 is 6.09 Å². The Kier molecular flexibility index (Phi) is 8.06. The van der Waals surface area contributed by atoms with E-state index in [0.29, 0.717) is 25.5 Å². The monoisotopic (exact) mass is 355 g/mol. The van der Waals surface area contributed by atoms with Crippen LogP contribution in [0.4, 0.5) is 9.18 Å². The number of aryl methyl sites for hydroxylation is 1. The zero-order valence-corrected chi connectivity index (χ0v) is 16.1. The Bertz CT molecular complexity index is 553. The molecular formula is C18H30FN3O3. The second kappa shape index (κ2) is 9.53. The Morgan fingerprint density at radius 3 is 2.48 bits per heavy atom. The number of likely N-dealkylation sites (tertiary alicyclic amines) is 1. The number of hydrogen-bond donors (Lipinski definition) is 0. The van der Waals surface area contributed by atoms with Gasteiger partial charge in [-0.3, -0.25) is 0 Å². The summed E-state index contributed by atoms with van der Waals surface area (Å²) in [7, 11) is 0. The number of amides is 1. The average Bonchev–Trinajstić information content (AvgIpc) is 2.56. The first-order valence-corrected chi connectivity index (χ1v) is 8.84. The Labute approximate surface area is 149 Å². The highest BCUT2D eigenvalue weighted by Gasteiger charge is 2.27. The fourth-order valence-corrected chi connectivity index (χ4v) is 2.34. The summed E-state index contributed by atoms with van der Waals surface area (Å²) in [4.78, 5) is 21.4. The normalized spacial score (nSPS) is 15.2. The minimum Gasteiger partial charge on any atom is -0.475 e. The van der Waals surface area contributed by atoms with Gasteiger partial charge in [0.2, 0.25) is 5.82 Å². The van der Waals surface area contributed by atoms with Crippen molar-refractivity contribution in [1.29, 1.82) is 0 Å². The van der Waals surface area contributed by atoms with Crippen LogP contribution in [0.15, 0.2) is 6.20 Å². The van der Waals surface area contributed by atoms with Crippen LogP contribution >= 0.6 is 0 Å². The lowest BCUT2D eigenvalue weighted by atomic mass is 9.98. The molecule has 1 aliphatic heterocycles. The quantitative estimate of drug-likeness (QED) is 0.821. The highest BCUT2D eigenvalue weighted by molar-refractivity contribution is 5.68. The Balaban J connectivity index is 0.00000151. The maximum atomic E-state index is 13.5. The Morgan fingerprint density at radius 1 is 1.32 bits per heavy atom. The van der Waals surface area contributed by atoms with E-state index in [9.17, 15) is 9.18 Å². The molecule has 1 aromatic heterocycles. The molecule has 25 heavy (non-hydrogen) atoms. The summed E-state index contributed by atoms with van der Waals surface area (Å²) in [6, 6.07) is 0. The lowest BCUT2D eigenvalue weighted by Crippen LogP contribution is -2.42. The van der Waals surface area contributed by atoms with Crippen molar-refractivity contribution < 1.29 is 18.7 Å². The van der Waals surface area contributed by atoms with Gasteiger partial charge in [-0.1, -0.05) is 13.8 Å². The third-order valence-electron chi connectivity index (χ3n) is 3.55. The largest absolute Gasteiger partial charge is 0.475 e. The number of rotatable bonds is 3. The number of carbonyl (C=O) groups excluding carboxylic acids is 1. The third-order valence-corrected chi connectivity index (χ3v) is 3.55. The van der Waals surface area contributed by atoms with Gasteiger partial charge in [-0.25, -0.2) is 9.78 Å². The second-order valence-corrected chi connectivity index (χ2v) is 6.79. The zero-order valence-electron chi connectivity index (χ0n) is 16.1. The standard InChI is InChI=1S/C16H24FN3O3.C2H6/c1-11-18-9-13(17)14(19-11)22-10-12-5-7-20(8-6-12)15(21)23-16(2,3)4;1-2/h9,12H,5-8,10H2,1-4H3;1-2H3. The van der Waals surface area contributed by atoms with Crippen molar-refractivity contribution in [2.75, 3.05) is 19.7 Å². The minimum atomic E-state index is -0.554. The van der Waals surface area contributed by atoms with Crippen molar-refractivity contribution in [1.82, 2.24) is 14.9 Å². The number of nitrogens with zero attached hydrogens (tertiary/aromatic N) is 3. The van der Waals surface area contributed by atoms with E-state index in [1.807, 2.05) is 34.6 Å². The molecule has 0 unspecified atom stereocenters. The maximum Gasteiger partial charge on any atom is 0.410 e. The number of hydrogen-bond acceptors (Lipinski definition) is 5. The molecule has 0 aromatic carbocycles. The molecule has 0 atom stereocenters. The van der Waals surface area contributed by atoms with Gasteiger partial charge in [-0.15, -0.1) is 0 Å². The van der Waals surface area contributed by atoms with E-state index in [4.69, 9.17) is 9.47 Å². The summed E-state index contributed by atoms with van der Waals surface area (Å²) < 4.78 is 24.4. The maximum absolute atomic E-state index is 13.5. The smallest absolute Gasteiger partial charge is 0.410 e. The van der Waals surface area contributed by atoms with Crippen molar-refractivity contribution in [2.24, 2.45) is 5.92 Å².